The molecule has 0 saturated heterocycles. The summed E-state index contributed by atoms with van der Waals surface area (Å²) in [5.41, 5.74) is 1.12. The van der Waals surface area contributed by atoms with Crippen LogP contribution in [0.3, 0.4) is 0 Å². The normalized spacial score (nSPS) is 12.8. The number of hydrogen-bond acceptors (Lipinski definition) is 5. The fraction of sp³-hybridized carbons (Fsp3) is 0.316. The Kier molecular flexibility index (Phi) is 6.86. The van der Waals surface area contributed by atoms with Crippen LogP contribution in [0.2, 0.25) is 0 Å². The number of benzene rings is 2. The molecule has 0 spiro atoms. The first-order valence-corrected chi connectivity index (χ1v) is 10.5. The highest BCUT2D eigenvalue weighted by molar-refractivity contribution is 7.92. The van der Waals surface area contributed by atoms with E-state index in [2.05, 4.69) is 10.1 Å². The third kappa shape index (κ3) is 6.02. The van der Waals surface area contributed by atoms with Crippen molar-refractivity contribution in [2.24, 2.45) is 0 Å². The van der Waals surface area contributed by atoms with E-state index in [0.717, 1.165) is 28.3 Å². The molecule has 1 unspecified atom stereocenters. The molecule has 7 nitrogen and oxygen atoms in total. The van der Waals surface area contributed by atoms with Crippen molar-refractivity contribution in [1.29, 1.82) is 0 Å². The first kappa shape index (κ1) is 23.3. The van der Waals surface area contributed by atoms with Crippen LogP contribution < -0.4 is 19.1 Å². The second-order valence-electron chi connectivity index (χ2n) is 6.47. The number of ether oxygens (including phenoxy) is 2. The van der Waals surface area contributed by atoms with Gasteiger partial charge in [0, 0.05) is 5.69 Å². The fourth-order valence-corrected chi connectivity index (χ4v) is 3.91. The zero-order valence-corrected chi connectivity index (χ0v) is 17.5. The van der Waals surface area contributed by atoms with Crippen LogP contribution in [0.1, 0.15) is 12.5 Å². The second-order valence-corrected chi connectivity index (χ2v) is 8.33. The topological polar surface area (TPSA) is 84.9 Å². The van der Waals surface area contributed by atoms with Gasteiger partial charge in [0.25, 0.3) is 0 Å². The number of nitrogens with zero attached hydrogens (tertiary/aromatic N) is 1. The van der Waals surface area contributed by atoms with Gasteiger partial charge >= 0.3 is 6.36 Å². The standard InChI is InChI=1S/C19H21F3N2O5S/c1-12-5-10-17(28-3)16(11-12)24(30(4,26)27)13(2)18(25)23-14-6-8-15(9-7-14)29-19(20,21)22/h5-11,13H,1-4H3,(H,23,25). The van der Waals surface area contributed by atoms with E-state index in [1.807, 2.05) is 0 Å². The minimum absolute atomic E-state index is 0.172. The molecule has 11 heteroatoms. The number of nitrogens with one attached hydrogen (secondary N) is 1. The molecule has 0 aliphatic rings. The van der Waals surface area contributed by atoms with Crippen molar-refractivity contribution in [3.05, 3.63) is 48.0 Å². The van der Waals surface area contributed by atoms with Crippen molar-refractivity contribution in [3.63, 3.8) is 0 Å². The first-order chi connectivity index (χ1) is 13.8. The molecule has 2 aromatic rings. The zero-order valence-electron chi connectivity index (χ0n) is 16.6. The highest BCUT2D eigenvalue weighted by atomic mass is 32.2. The van der Waals surface area contributed by atoms with Crippen LogP contribution in [0.15, 0.2) is 42.5 Å². The summed E-state index contributed by atoms with van der Waals surface area (Å²) in [4.78, 5) is 12.7. The number of carbonyl (C=O) groups is 1. The van der Waals surface area contributed by atoms with Gasteiger partial charge in [-0.2, -0.15) is 0 Å². The second kappa shape index (κ2) is 8.82. The fourth-order valence-electron chi connectivity index (χ4n) is 2.74. The number of sulfonamides is 1. The van der Waals surface area contributed by atoms with Crippen LogP contribution in [0.4, 0.5) is 24.5 Å². The molecule has 2 rings (SSSR count). The maximum atomic E-state index is 12.7. The maximum Gasteiger partial charge on any atom is 0.573 e. The molecule has 1 atom stereocenters. The van der Waals surface area contributed by atoms with Crippen molar-refractivity contribution >= 4 is 27.3 Å². The number of methoxy groups -OCH3 is 1. The van der Waals surface area contributed by atoms with Gasteiger partial charge in [0.1, 0.15) is 17.5 Å². The zero-order chi connectivity index (χ0) is 22.7. The minimum Gasteiger partial charge on any atom is -0.495 e. The molecule has 0 heterocycles. The summed E-state index contributed by atoms with van der Waals surface area (Å²) >= 11 is 0. The Morgan fingerprint density at radius 2 is 1.73 bits per heavy atom. The van der Waals surface area contributed by atoms with Crippen LogP contribution in [-0.2, 0) is 14.8 Å². The van der Waals surface area contributed by atoms with Crippen LogP contribution in [0.5, 0.6) is 11.5 Å². The van der Waals surface area contributed by atoms with E-state index >= 15 is 0 Å². The van der Waals surface area contributed by atoms with Crippen molar-refractivity contribution in [1.82, 2.24) is 0 Å². The van der Waals surface area contributed by atoms with Crippen molar-refractivity contribution in [2.75, 3.05) is 23.0 Å². The van der Waals surface area contributed by atoms with E-state index in [0.29, 0.717) is 0 Å². The van der Waals surface area contributed by atoms with Crippen molar-refractivity contribution in [3.8, 4) is 11.5 Å². The summed E-state index contributed by atoms with van der Waals surface area (Å²) < 4.78 is 71.6. The van der Waals surface area contributed by atoms with Gasteiger partial charge < -0.3 is 14.8 Å². The van der Waals surface area contributed by atoms with E-state index in [1.165, 1.54) is 26.2 Å². The third-order valence-electron chi connectivity index (χ3n) is 4.02. The maximum absolute atomic E-state index is 12.7. The lowest BCUT2D eigenvalue weighted by atomic mass is 10.2. The van der Waals surface area contributed by atoms with Gasteiger partial charge in [-0.05, 0) is 55.8 Å². The van der Waals surface area contributed by atoms with E-state index in [9.17, 15) is 26.4 Å². The molecule has 0 radical (unpaired) electrons. The minimum atomic E-state index is -4.83. The van der Waals surface area contributed by atoms with Crippen LogP contribution in [-0.4, -0.2) is 40.1 Å². The number of alkyl halides is 3. The Labute approximate surface area is 172 Å². The average Bonchev–Trinajstić information content (AvgIpc) is 2.61. The highest BCUT2D eigenvalue weighted by Gasteiger charge is 2.32. The summed E-state index contributed by atoms with van der Waals surface area (Å²) in [5, 5.41) is 2.48. The van der Waals surface area contributed by atoms with Gasteiger partial charge in [0.05, 0.1) is 19.1 Å². The Balaban J connectivity index is 2.28. The largest absolute Gasteiger partial charge is 0.573 e. The van der Waals surface area contributed by atoms with Gasteiger partial charge in [-0.25, -0.2) is 8.42 Å². The molecule has 0 aliphatic carbocycles. The van der Waals surface area contributed by atoms with Crippen LogP contribution in [0, 0.1) is 6.92 Å². The van der Waals surface area contributed by atoms with Crippen LogP contribution >= 0.6 is 0 Å². The molecule has 1 N–H and O–H groups in total. The lowest BCUT2D eigenvalue weighted by Crippen LogP contribution is -2.45. The SMILES string of the molecule is COc1ccc(C)cc1N(C(C)C(=O)Nc1ccc(OC(F)(F)F)cc1)S(C)(=O)=O. The number of carbonyl (C=O) groups excluding carboxylic acids is 1. The highest BCUT2D eigenvalue weighted by Crippen LogP contribution is 2.33. The number of aryl methyl sites for hydroxylation is 1. The summed E-state index contributed by atoms with van der Waals surface area (Å²) in [5.74, 6) is -0.872. The average molecular weight is 446 g/mol. The number of amides is 1. The Hall–Kier alpha value is -2.95. The molecular formula is C19H21F3N2O5S. The monoisotopic (exact) mass is 446 g/mol. The van der Waals surface area contributed by atoms with Crippen LogP contribution in [0.25, 0.3) is 0 Å². The molecule has 0 bridgehead atoms. The Bertz CT molecular complexity index is 1010. The number of anilines is 2. The summed E-state index contributed by atoms with van der Waals surface area (Å²) in [6, 6.07) is 8.21. The Morgan fingerprint density at radius 3 is 2.23 bits per heavy atom. The molecule has 30 heavy (non-hydrogen) atoms. The predicted octanol–water partition coefficient (Wildman–Crippen LogP) is 3.70. The molecule has 0 aromatic heterocycles. The molecular weight excluding hydrogens is 425 g/mol. The van der Waals surface area contributed by atoms with Crippen molar-refractivity contribution in [2.45, 2.75) is 26.3 Å². The molecule has 0 aliphatic heterocycles. The van der Waals surface area contributed by atoms with Gasteiger partial charge in [-0.15, -0.1) is 13.2 Å². The van der Waals surface area contributed by atoms with E-state index < -0.39 is 34.1 Å². The van der Waals surface area contributed by atoms with Gasteiger partial charge in [-0.3, -0.25) is 9.10 Å². The lowest BCUT2D eigenvalue weighted by molar-refractivity contribution is -0.274. The van der Waals surface area contributed by atoms with Gasteiger partial charge in [0.2, 0.25) is 15.9 Å². The molecule has 0 fully saturated rings. The Morgan fingerprint density at radius 1 is 1.13 bits per heavy atom. The van der Waals surface area contributed by atoms with Gasteiger partial charge in [-0.1, -0.05) is 6.07 Å². The molecule has 164 valence electrons. The predicted molar refractivity (Wildman–Crippen MR) is 106 cm³/mol. The summed E-state index contributed by atoms with van der Waals surface area (Å²) in [6.07, 6.45) is -3.87. The molecule has 2 aromatic carbocycles. The number of hydrogen-bond donors (Lipinski definition) is 1. The number of halogens is 3. The summed E-state index contributed by atoms with van der Waals surface area (Å²) in [7, 11) is -2.50. The molecule has 0 saturated carbocycles. The first-order valence-electron chi connectivity index (χ1n) is 8.62. The smallest absolute Gasteiger partial charge is 0.495 e. The van der Waals surface area contributed by atoms with E-state index in [1.54, 1.807) is 25.1 Å². The summed E-state index contributed by atoms with van der Waals surface area (Å²) in [6.45, 7) is 3.15. The molecule has 1 amide bonds. The third-order valence-corrected chi connectivity index (χ3v) is 5.24. The number of rotatable bonds is 7. The van der Waals surface area contributed by atoms with E-state index in [4.69, 9.17) is 4.74 Å². The lowest BCUT2D eigenvalue weighted by Gasteiger charge is -2.29. The van der Waals surface area contributed by atoms with Gasteiger partial charge in [0.15, 0.2) is 0 Å². The quantitative estimate of drug-likeness (QED) is 0.701. The van der Waals surface area contributed by atoms with E-state index in [-0.39, 0.29) is 17.1 Å². The van der Waals surface area contributed by atoms with Crippen molar-refractivity contribution < 1.29 is 35.9 Å².